The molecule has 0 heterocycles. The highest BCUT2D eigenvalue weighted by molar-refractivity contribution is 9.11. The van der Waals surface area contributed by atoms with E-state index in [9.17, 15) is 0 Å². The first-order chi connectivity index (χ1) is 8.03. The van der Waals surface area contributed by atoms with Gasteiger partial charge in [0, 0.05) is 19.9 Å². The summed E-state index contributed by atoms with van der Waals surface area (Å²) in [5.41, 5.74) is 5.53. The number of rotatable bonds is 0. The fourth-order valence-electron chi connectivity index (χ4n) is 2.81. The molecule has 0 atom stereocenters. The molecule has 0 amide bonds. The van der Waals surface area contributed by atoms with Crippen molar-refractivity contribution in [3.05, 3.63) is 56.5 Å². The largest absolute Gasteiger partial charge is 0.0619 e. The SMILES string of the molecule is CC1(C)c2ccccc2-c2c(Br)ccc(Br)c21. The Hall–Kier alpha value is -0.600. The zero-order valence-electron chi connectivity index (χ0n) is 9.72. The van der Waals surface area contributed by atoms with E-state index < -0.39 is 0 Å². The van der Waals surface area contributed by atoms with Gasteiger partial charge in [-0.15, -0.1) is 0 Å². The molecular formula is C15H12Br2. The first kappa shape index (κ1) is 11.5. The molecule has 0 bridgehead atoms. The Morgan fingerprint density at radius 1 is 0.882 bits per heavy atom. The highest BCUT2D eigenvalue weighted by Gasteiger charge is 2.37. The Morgan fingerprint density at radius 3 is 2.29 bits per heavy atom. The van der Waals surface area contributed by atoms with Gasteiger partial charge in [0.1, 0.15) is 0 Å². The molecule has 86 valence electrons. The van der Waals surface area contributed by atoms with Gasteiger partial charge in [-0.2, -0.15) is 0 Å². The summed E-state index contributed by atoms with van der Waals surface area (Å²) >= 11 is 7.38. The van der Waals surface area contributed by atoms with E-state index in [2.05, 4.69) is 82.1 Å². The van der Waals surface area contributed by atoms with Crippen LogP contribution in [0.1, 0.15) is 25.0 Å². The van der Waals surface area contributed by atoms with Gasteiger partial charge in [0.25, 0.3) is 0 Å². The van der Waals surface area contributed by atoms with Crippen molar-refractivity contribution in [1.29, 1.82) is 0 Å². The van der Waals surface area contributed by atoms with E-state index in [1.165, 1.54) is 31.2 Å². The average molecular weight is 352 g/mol. The topological polar surface area (TPSA) is 0 Å². The van der Waals surface area contributed by atoms with Crippen molar-refractivity contribution in [3.8, 4) is 11.1 Å². The second-order valence-corrected chi connectivity index (χ2v) is 6.66. The third kappa shape index (κ3) is 1.47. The minimum atomic E-state index is 0.0640. The second-order valence-electron chi connectivity index (χ2n) is 4.95. The van der Waals surface area contributed by atoms with Crippen molar-refractivity contribution in [2.45, 2.75) is 19.3 Å². The van der Waals surface area contributed by atoms with Crippen LogP contribution in [0.15, 0.2) is 45.3 Å². The summed E-state index contributed by atoms with van der Waals surface area (Å²) < 4.78 is 2.37. The van der Waals surface area contributed by atoms with Crippen molar-refractivity contribution in [2.24, 2.45) is 0 Å². The summed E-state index contributed by atoms with van der Waals surface area (Å²) in [4.78, 5) is 0. The fraction of sp³-hybridized carbons (Fsp3) is 0.200. The molecule has 17 heavy (non-hydrogen) atoms. The number of halogens is 2. The average Bonchev–Trinajstić information content (AvgIpc) is 2.55. The van der Waals surface area contributed by atoms with Crippen molar-refractivity contribution in [3.63, 3.8) is 0 Å². The maximum absolute atomic E-state index is 3.70. The number of benzene rings is 2. The minimum Gasteiger partial charge on any atom is -0.0619 e. The van der Waals surface area contributed by atoms with Crippen molar-refractivity contribution >= 4 is 31.9 Å². The Bertz CT molecular complexity index is 612. The van der Waals surface area contributed by atoms with Crippen LogP contribution >= 0.6 is 31.9 Å². The fourth-order valence-corrected chi connectivity index (χ4v) is 4.18. The molecule has 0 aliphatic heterocycles. The van der Waals surface area contributed by atoms with Crippen LogP contribution in [0.5, 0.6) is 0 Å². The number of hydrogen-bond acceptors (Lipinski definition) is 0. The van der Waals surface area contributed by atoms with Crippen LogP contribution in [-0.2, 0) is 5.41 Å². The summed E-state index contributed by atoms with van der Waals surface area (Å²) in [5.74, 6) is 0. The van der Waals surface area contributed by atoms with E-state index in [1.807, 2.05) is 0 Å². The molecule has 1 aliphatic carbocycles. The lowest BCUT2D eigenvalue weighted by Gasteiger charge is -2.22. The summed E-state index contributed by atoms with van der Waals surface area (Å²) in [6.07, 6.45) is 0. The number of fused-ring (bicyclic) bond motifs is 3. The molecule has 0 radical (unpaired) electrons. The zero-order chi connectivity index (χ0) is 12.2. The molecule has 3 rings (SSSR count). The van der Waals surface area contributed by atoms with Gasteiger partial charge < -0.3 is 0 Å². The zero-order valence-corrected chi connectivity index (χ0v) is 12.9. The maximum Gasteiger partial charge on any atom is 0.0257 e. The van der Waals surface area contributed by atoms with E-state index in [1.54, 1.807) is 0 Å². The summed E-state index contributed by atoms with van der Waals surface area (Å²) in [6, 6.07) is 12.9. The molecule has 0 spiro atoms. The van der Waals surface area contributed by atoms with Gasteiger partial charge in [0.15, 0.2) is 0 Å². The van der Waals surface area contributed by atoms with E-state index >= 15 is 0 Å². The standard InChI is InChI=1S/C15H12Br2/c1-15(2)10-6-4-3-5-9(10)13-11(16)7-8-12(17)14(13)15/h3-8H,1-2H3. The lowest BCUT2D eigenvalue weighted by atomic mass is 9.82. The quantitative estimate of drug-likeness (QED) is 0.586. The lowest BCUT2D eigenvalue weighted by Crippen LogP contribution is -2.15. The Kier molecular flexibility index (Phi) is 2.50. The molecule has 0 saturated carbocycles. The van der Waals surface area contributed by atoms with Crippen molar-refractivity contribution in [1.82, 2.24) is 0 Å². The van der Waals surface area contributed by atoms with Gasteiger partial charge in [-0.1, -0.05) is 70.0 Å². The van der Waals surface area contributed by atoms with Gasteiger partial charge >= 0.3 is 0 Å². The molecule has 0 unspecified atom stereocenters. The van der Waals surface area contributed by atoms with E-state index in [-0.39, 0.29) is 5.41 Å². The van der Waals surface area contributed by atoms with Gasteiger partial charge in [-0.3, -0.25) is 0 Å². The van der Waals surface area contributed by atoms with Crippen LogP contribution in [0.2, 0.25) is 0 Å². The lowest BCUT2D eigenvalue weighted by molar-refractivity contribution is 0.657. The van der Waals surface area contributed by atoms with Crippen LogP contribution < -0.4 is 0 Å². The first-order valence-corrected chi connectivity index (χ1v) is 7.20. The molecule has 0 saturated heterocycles. The Labute approximate surface area is 118 Å². The number of hydrogen-bond donors (Lipinski definition) is 0. The predicted octanol–water partition coefficient (Wildman–Crippen LogP) is 5.52. The van der Waals surface area contributed by atoms with Gasteiger partial charge in [0.05, 0.1) is 0 Å². The van der Waals surface area contributed by atoms with Crippen LogP contribution in [0, 0.1) is 0 Å². The van der Waals surface area contributed by atoms with Crippen molar-refractivity contribution < 1.29 is 0 Å². The molecule has 2 aromatic carbocycles. The third-order valence-electron chi connectivity index (χ3n) is 3.60. The summed E-state index contributed by atoms with van der Waals surface area (Å²) in [5, 5.41) is 0. The Balaban J connectivity index is 2.48. The van der Waals surface area contributed by atoms with E-state index in [0.29, 0.717) is 0 Å². The normalized spacial score (nSPS) is 15.5. The molecule has 0 N–H and O–H groups in total. The van der Waals surface area contributed by atoms with Crippen LogP contribution in [0.4, 0.5) is 0 Å². The van der Waals surface area contributed by atoms with Gasteiger partial charge in [-0.05, 0) is 28.8 Å². The van der Waals surface area contributed by atoms with E-state index in [0.717, 1.165) is 0 Å². The molecule has 2 heteroatoms. The highest BCUT2D eigenvalue weighted by Crippen LogP contribution is 2.53. The predicted molar refractivity (Wildman–Crippen MR) is 79.4 cm³/mol. The molecule has 0 fully saturated rings. The smallest absolute Gasteiger partial charge is 0.0257 e. The van der Waals surface area contributed by atoms with E-state index in [4.69, 9.17) is 0 Å². The Morgan fingerprint density at radius 2 is 1.53 bits per heavy atom. The minimum absolute atomic E-state index is 0.0640. The van der Waals surface area contributed by atoms with Gasteiger partial charge in [0.2, 0.25) is 0 Å². The second kappa shape index (κ2) is 3.69. The molecule has 1 aliphatic rings. The molecule has 0 aromatic heterocycles. The molecular weight excluding hydrogens is 340 g/mol. The summed E-state index contributed by atoms with van der Waals surface area (Å²) in [7, 11) is 0. The van der Waals surface area contributed by atoms with Crippen LogP contribution in [-0.4, -0.2) is 0 Å². The third-order valence-corrected chi connectivity index (χ3v) is 4.92. The monoisotopic (exact) mass is 350 g/mol. The summed E-state index contributed by atoms with van der Waals surface area (Å²) in [6.45, 7) is 4.57. The highest BCUT2D eigenvalue weighted by atomic mass is 79.9. The molecule has 2 aromatic rings. The molecule has 0 nitrogen and oxygen atoms in total. The van der Waals surface area contributed by atoms with Gasteiger partial charge in [-0.25, -0.2) is 0 Å². The van der Waals surface area contributed by atoms with Crippen LogP contribution in [0.25, 0.3) is 11.1 Å². The van der Waals surface area contributed by atoms with Crippen LogP contribution in [0.3, 0.4) is 0 Å². The van der Waals surface area contributed by atoms with Crippen molar-refractivity contribution in [2.75, 3.05) is 0 Å². The maximum atomic E-state index is 3.70. The first-order valence-electron chi connectivity index (χ1n) is 5.62.